The molecule has 2 amide bonds. The third-order valence-corrected chi connectivity index (χ3v) is 5.99. The minimum Gasteiger partial charge on any atom is -0.493 e. The maximum absolute atomic E-state index is 12.0. The van der Waals surface area contributed by atoms with Crippen molar-refractivity contribution in [1.82, 2.24) is 29.9 Å². The van der Waals surface area contributed by atoms with Crippen LogP contribution in [-0.2, 0) is 0 Å². The first-order valence-corrected chi connectivity index (χ1v) is 11.8. The number of aromatic nitrogens is 5. The molecule has 0 unspecified atom stereocenters. The molecule has 0 saturated heterocycles. The van der Waals surface area contributed by atoms with Crippen molar-refractivity contribution in [3.8, 4) is 17.5 Å². The van der Waals surface area contributed by atoms with Gasteiger partial charge in [-0.05, 0) is 43.9 Å². The van der Waals surface area contributed by atoms with Gasteiger partial charge in [-0.1, -0.05) is 11.6 Å². The van der Waals surface area contributed by atoms with Gasteiger partial charge in [-0.2, -0.15) is 14.6 Å². The molecule has 12 nitrogen and oxygen atoms in total. The number of halogens is 1. The van der Waals surface area contributed by atoms with Crippen LogP contribution in [0.4, 0.5) is 10.5 Å². The van der Waals surface area contributed by atoms with Crippen LogP contribution >= 0.6 is 11.6 Å². The lowest BCUT2D eigenvalue weighted by Crippen LogP contribution is -2.30. The summed E-state index contributed by atoms with van der Waals surface area (Å²) >= 11 is 6.37. The zero-order chi connectivity index (χ0) is 24.8. The van der Waals surface area contributed by atoms with E-state index in [1.165, 1.54) is 0 Å². The van der Waals surface area contributed by atoms with E-state index in [-0.39, 0.29) is 35.6 Å². The summed E-state index contributed by atoms with van der Waals surface area (Å²) in [4.78, 5) is 37.6. The highest BCUT2D eigenvalue weighted by atomic mass is 35.5. The van der Waals surface area contributed by atoms with Gasteiger partial charge >= 0.3 is 11.7 Å². The largest absolute Gasteiger partial charge is 0.493 e. The van der Waals surface area contributed by atoms with Crippen LogP contribution in [0.3, 0.4) is 0 Å². The molecule has 4 aromatic rings. The number of ether oxygens (including phenoxy) is 1. The first kappa shape index (κ1) is 22.2. The Kier molecular flexibility index (Phi) is 5.37. The second-order valence-electron chi connectivity index (χ2n) is 8.75. The van der Waals surface area contributed by atoms with E-state index in [2.05, 4.69) is 30.7 Å². The normalized spacial score (nSPS) is 16.5. The highest BCUT2D eigenvalue weighted by Gasteiger charge is 2.23. The summed E-state index contributed by atoms with van der Waals surface area (Å²) in [6.07, 6.45) is 7.08. The molecule has 5 N–H and O–H groups in total. The topological polar surface area (TPSA) is 162 Å². The average molecular weight is 509 g/mol. The molecule has 2 fully saturated rings. The average Bonchev–Trinajstić information content (AvgIpc) is 3.75. The van der Waals surface area contributed by atoms with Gasteiger partial charge < -0.3 is 25.5 Å². The van der Waals surface area contributed by atoms with E-state index in [0.29, 0.717) is 32.8 Å². The molecule has 13 heteroatoms. The molecular weight excluding hydrogens is 488 g/mol. The van der Waals surface area contributed by atoms with Gasteiger partial charge in [0.2, 0.25) is 11.8 Å². The number of H-pyrrole nitrogens is 2. The lowest BCUT2D eigenvalue weighted by atomic mass is 10.3. The van der Waals surface area contributed by atoms with Gasteiger partial charge in [0.05, 0.1) is 22.9 Å². The molecule has 0 bridgehead atoms. The second-order valence-corrected chi connectivity index (χ2v) is 9.16. The summed E-state index contributed by atoms with van der Waals surface area (Å²) < 4.78 is 7.58. The molecule has 3 heterocycles. The highest BCUT2D eigenvalue weighted by Crippen LogP contribution is 2.29. The second kappa shape index (κ2) is 8.72. The number of carbonyl (C=O) groups excluding carboxylic acids is 1. The fraction of sp³-hybridized carbons (Fsp3) is 0.261. The van der Waals surface area contributed by atoms with Crippen molar-refractivity contribution in [2.45, 2.75) is 37.8 Å². The summed E-state index contributed by atoms with van der Waals surface area (Å²) in [6, 6.07) is 6.74. The third-order valence-electron chi connectivity index (χ3n) is 5.68. The first-order chi connectivity index (χ1) is 17.4. The SMILES string of the molecule is O=C(Nc1ccc(Oc2cc(=NC3CC3)n3ncc(=Cc4[nH]c(=O)[nH]c4O)c3n2)cc1Cl)NC1CC1. The molecule has 2 aliphatic rings. The predicted octanol–water partition coefficient (Wildman–Crippen LogP) is 1.79. The van der Waals surface area contributed by atoms with Crippen LogP contribution in [0.5, 0.6) is 17.5 Å². The van der Waals surface area contributed by atoms with Crippen LogP contribution in [-0.4, -0.2) is 47.8 Å². The van der Waals surface area contributed by atoms with Crippen molar-refractivity contribution in [2.75, 3.05) is 5.32 Å². The maximum atomic E-state index is 12.0. The number of hydrogen-bond acceptors (Lipinski definition) is 7. The molecule has 36 heavy (non-hydrogen) atoms. The van der Waals surface area contributed by atoms with Gasteiger partial charge in [0.15, 0.2) is 11.1 Å². The van der Waals surface area contributed by atoms with E-state index < -0.39 is 5.69 Å². The number of aromatic amines is 2. The third kappa shape index (κ3) is 4.75. The van der Waals surface area contributed by atoms with Crippen molar-refractivity contribution < 1.29 is 14.6 Å². The number of nitrogens with zero attached hydrogens (tertiary/aromatic N) is 4. The number of aromatic hydroxyl groups is 1. The molecule has 0 spiro atoms. The van der Waals surface area contributed by atoms with E-state index in [1.54, 1.807) is 41.1 Å². The lowest BCUT2D eigenvalue weighted by Gasteiger charge is -2.10. The lowest BCUT2D eigenvalue weighted by molar-refractivity contribution is 0.251. The fourth-order valence-electron chi connectivity index (χ4n) is 3.58. The molecule has 0 radical (unpaired) electrons. The Morgan fingerprint density at radius 3 is 2.78 bits per heavy atom. The van der Waals surface area contributed by atoms with Crippen LogP contribution < -0.4 is 31.8 Å². The molecule has 2 saturated carbocycles. The van der Waals surface area contributed by atoms with E-state index >= 15 is 0 Å². The first-order valence-electron chi connectivity index (χ1n) is 11.4. The zero-order valence-corrected chi connectivity index (χ0v) is 19.5. The standard InChI is InChI=1S/C23H21ClN8O4/c24-15-8-14(5-6-16(15)28-22(34)27-13-3-4-13)36-19-9-18(26-12-1-2-12)32-20(30-19)11(10-25-32)7-17-21(33)31-23(35)29-17/h5-10,12-13,33H,1-4H2,(H2,27,28,34)(H2,29,31,35). The number of urea groups is 1. The summed E-state index contributed by atoms with van der Waals surface area (Å²) in [5, 5.41) is 20.7. The van der Waals surface area contributed by atoms with Crippen LogP contribution in [0.1, 0.15) is 31.4 Å². The number of imidazole rings is 1. The number of carbonyl (C=O) groups is 1. The number of amides is 2. The van der Waals surface area contributed by atoms with E-state index in [4.69, 9.17) is 21.3 Å². The van der Waals surface area contributed by atoms with Crippen molar-refractivity contribution in [1.29, 1.82) is 0 Å². The molecular formula is C23H21ClN8O4. The number of fused-ring (bicyclic) bond motifs is 1. The van der Waals surface area contributed by atoms with Crippen molar-refractivity contribution >= 4 is 35.0 Å². The van der Waals surface area contributed by atoms with Crippen molar-refractivity contribution in [3.63, 3.8) is 0 Å². The number of hydrogen-bond donors (Lipinski definition) is 5. The summed E-state index contributed by atoms with van der Waals surface area (Å²) in [6.45, 7) is 0. The van der Waals surface area contributed by atoms with Crippen LogP contribution in [0.15, 0.2) is 40.2 Å². The molecule has 6 rings (SSSR count). The van der Waals surface area contributed by atoms with Gasteiger partial charge in [0.25, 0.3) is 0 Å². The summed E-state index contributed by atoms with van der Waals surface area (Å²) in [7, 11) is 0. The van der Waals surface area contributed by atoms with E-state index in [0.717, 1.165) is 25.7 Å². The van der Waals surface area contributed by atoms with Crippen LogP contribution in [0.25, 0.3) is 11.7 Å². The maximum Gasteiger partial charge on any atom is 0.326 e. The molecule has 184 valence electrons. The predicted molar refractivity (Wildman–Crippen MR) is 130 cm³/mol. The molecule has 0 aliphatic heterocycles. The minimum absolute atomic E-state index is 0.198. The Morgan fingerprint density at radius 2 is 2.08 bits per heavy atom. The number of nitrogens with one attached hydrogen (secondary N) is 4. The molecule has 0 atom stereocenters. The number of anilines is 1. The Labute approximate surface area is 207 Å². The quantitative estimate of drug-likeness (QED) is 0.267. The Morgan fingerprint density at radius 1 is 1.25 bits per heavy atom. The van der Waals surface area contributed by atoms with Gasteiger partial charge in [0, 0.05) is 23.4 Å². The Balaban J connectivity index is 1.34. The zero-order valence-electron chi connectivity index (χ0n) is 18.8. The van der Waals surface area contributed by atoms with E-state index in [9.17, 15) is 14.7 Å². The van der Waals surface area contributed by atoms with Gasteiger partial charge in [0.1, 0.15) is 11.4 Å². The van der Waals surface area contributed by atoms with Gasteiger partial charge in [-0.15, -0.1) is 0 Å². The number of rotatable bonds is 6. The van der Waals surface area contributed by atoms with Crippen molar-refractivity contribution in [2.24, 2.45) is 4.99 Å². The summed E-state index contributed by atoms with van der Waals surface area (Å²) in [5.41, 5.74) is 1.11. The fourth-order valence-corrected chi connectivity index (χ4v) is 3.80. The summed E-state index contributed by atoms with van der Waals surface area (Å²) in [5.74, 6) is 0.385. The minimum atomic E-state index is -0.531. The van der Waals surface area contributed by atoms with Crippen LogP contribution in [0.2, 0.25) is 5.02 Å². The molecule has 3 aromatic heterocycles. The van der Waals surface area contributed by atoms with Gasteiger partial charge in [-0.3, -0.25) is 9.98 Å². The van der Waals surface area contributed by atoms with Crippen LogP contribution in [0, 0.1) is 0 Å². The van der Waals surface area contributed by atoms with Crippen molar-refractivity contribution in [3.05, 3.63) is 62.4 Å². The molecule has 2 aliphatic carbocycles. The smallest absolute Gasteiger partial charge is 0.326 e. The monoisotopic (exact) mass is 508 g/mol. The Hall–Kier alpha value is -4.32. The Bertz CT molecular complexity index is 1670. The highest BCUT2D eigenvalue weighted by molar-refractivity contribution is 6.33. The molecule has 1 aromatic carbocycles. The van der Waals surface area contributed by atoms with Gasteiger partial charge in [-0.25, -0.2) is 9.59 Å². The number of benzene rings is 1. The van der Waals surface area contributed by atoms with E-state index in [1.807, 2.05) is 0 Å².